The molecule has 3 rings (SSSR count). The van der Waals surface area contributed by atoms with E-state index in [0.717, 1.165) is 49.3 Å². The Morgan fingerprint density at radius 2 is 1.74 bits per heavy atom. The summed E-state index contributed by atoms with van der Waals surface area (Å²) in [6, 6.07) is 19.8. The van der Waals surface area contributed by atoms with E-state index in [2.05, 4.69) is 15.6 Å². The second-order valence-corrected chi connectivity index (χ2v) is 8.48. The summed E-state index contributed by atoms with van der Waals surface area (Å²) in [5.74, 6) is 0.519. The number of aromatic nitrogens is 1. The Hall–Kier alpha value is -3.61. The van der Waals surface area contributed by atoms with Crippen LogP contribution in [0, 0.1) is 5.82 Å². The van der Waals surface area contributed by atoms with Crippen LogP contribution < -0.4 is 15.5 Å². The summed E-state index contributed by atoms with van der Waals surface area (Å²) in [5, 5.41) is 6.15. The van der Waals surface area contributed by atoms with Crippen molar-refractivity contribution in [1.82, 2.24) is 9.88 Å². The molecule has 0 aliphatic carbocycles. The number of carbonyl (C=O) groups excluding carboxylic acids is 1. The maximum Gasteiger partial charge on any atom is 0.322 e. The summed E-state index contributed by atoms with van der Waals surface area (Å²) >= 11 is 0. The van der Waals surface area contributed by atoms with Crippen LogP contribution in [0.25, 0.3) is 0 Å². The highest BCUT2D eigenvalue weighted by atomic mass is 19.1. The van der Waals surface area contributed by atoms with Crippen molar-refractivity contribution in [3.8, 4) is 0 Å². The topological polar surface area (TPSA) is 60.5 Å². The van der Waals surface area contributed by atoms with Gasteiger partial charge < -0.3 is 20.4 Å². The van der Waals surface area contributed by atoms with E-state index < -0.39 is 0 Å². The van der Waals surface area contributed by atoms with Crippen molar-refractivity contribution in [2.75, 3.05) is 42.7 Å². The summed E-state index contributed by atoms with van der Waals surface area (Å²) in [6.07, 6.45) is 5.80. The molecule has 0 radical (unpaired) electrons. The number of halogens is 1. The van der Waals surface area contributed by atoms with Crippen LogP contribution in [0.3, 0.4) is 0 Å². The summed E-state index contributed by atoms with van der Waals surface area (Å²) in [4.78, 5) is 21.1. The number of hydrogen-bond donors (Lipinski definition) is 2. The van der Waals surface area contributed by atoms with E-state index in [1.807, 2.05) is 61.5 Å². The molecule has 180 valence electrons. The number of hydrogen-bond acceptors (Lipinski definition) is 4. The van der Waals surface area contributed by atoms with Crippen molar-refractivity contribution < 1.29 is 9.18 Å². The summed E-state index contributed by atoms with van der Waals surface area (Å²) < 4.78 is 13.5. The molecule has 0 spiro atoms. The Morgan fingerprint density at radius 3 is 2.44 bits per heavy atom. The molecule has 0 atom stereocenters. The number of rotatable bonds is 12. The average Bonchev–Trinajstić information content (AvgIpc) is 2.83. The van der Waals surface area contributed by atoms with Crippen molar-refractivity contribution in [2.45, 2.75) is 32.2 Å². The van der Waals surface area contributed by atoms with Crippen LogP contribution in [-0.2, 0) is 6.54 Å². The predicted molar refractivity (Wildman–Crippen MR) is 138 cm³/mol. The van der Waals surface area contributed by atoms with Gasteiger partial charge in [0.15, 0.2) is 0 Å². The van der Waals surface area contributed by atoms with E-state index >= 15 is 0 Å². The molecule has 7 heteroatoms. The van der Waals surface area contributed by atoms with Crippen LogP contribution >= 0.6 is 0 Å². The fourth-order valence-electron chi connectivity index (χ4n) is 3.61. The predicted octanol–water partition coefficient (Wildman–Crippen LogP) is 5.99. The quantitative estimate of drug-likeness (QED) is 0.324. The van der Waals surface area contributed by atoms with Crippen molar-refractivity contribution >= 4 is 23.2 Å². The van der Waals surface area contributed by atoms with Gasteiger partial charge in [-0.15, -0.1) is 0 Å². The van der Waals surface area contributed by atoms with Gasteiger partial charge in [0.25, 0.3) is 0 Å². The van der Waals surface area contributed by atoms with Crippen LogP contribution in [0.15, 0.2) is 72.9 Å². The maximum atomic E-state index is 13.5. The first-order valence-electron chi connectivity index (χ1n) is 11.7. The highest BCUT2D eigenvalue weighted by molar-refractivity contribution is 5.89. The van der Waals surface area contributed by atoms with Gasteiger partial charge >= 0.3 is 6.03 Å². The summed E-state index contributed by atoms with van der Waals surface area (Å²) in [7, 11) is 4.00. The van der Waals surface area contributed by atoms with Crippen molar-refractivity contribution in [3.05, 3.63) is 84.3 Å². The maximum absolute atomic E-state index is 13.5. The third-order valence-corrected chi connectivity index (χ3v) is 5.52. The fraction of sp³-hybridized carbons (Fsp3) is 0.333. The minimum atomic E-state index is -0.372. The Balaban J connectivity index is 1.51. The van der Waals surface area contributed by atoms with Gasteiger partial charge in [-0.05, 0) is 60.9 Å². The molecule has 0 bridgehead atoms. The Labute approximate surface area is 201 Å². The molecule has 0 saturated heterocycles. The SMILES string of the molecule is CN(C)c1ccc(CN(CCCCCCNc2ccccn2)C(=O)Nc2cccc(F)c2)cc1. The molecule has 2 amide bonds. The zero-order valence-corrected chi connectivity index (χ0v) is 20.0. The molecular formula is C27H34FN5O. The number of carbonyl (C=O) groups is 1. The van der Waals surface area contributed by atoms with Crippen molar-refractivity contribution in [1.29, 1.82) is 0 Å². The van der Waals surface area contributed by atoms with Gasteiger partial charge in [0.1, 0.15) is 11.6 Å². The molecule has 0 fully saturated rings. The van der Waals surface area contributed by atoms with E-state index in [4.69, 9.17) is 0 Å². The monoisotopic (exact) mass is 463 g/mol. The third kappa shape index (κ3) is 8.39. The first-order valence-corrected chi connectivity index (χ1v) is 11.7. The summed E-state index contributed by atoms with van der Waals surface area (Å²) in [6.45, 7) is 2.00. The van der Waals surface area contributed by atoms with Gasteiger partial charge in [-0.25, -0.2) is 14.2 Å². The first kappa shape index (κ1) is 25.0. The lowest BCUT2D eigenvalue weighted by atomic mass is 10.1. The number of amides is 2. The van der Waals surface area contributed by atoms with Crippen molar-refractivity contribution in [2.24, 2.45) is 0 Å². The lowest BCUT2D eigenvalue weighted by molar-refractivity contribution is 0.207. The standard InChI is InChI=1S/C27H34FN5O/c1-32(2)25-15-13-22(14-16-25)21-33(27(34)31-24-11-9-10-23(28)20-24)19-8-4-3-6-17-29-26-12-5-7-18-30-26/h5,7,9-16,18,20H,3-4,6,8,17,19,21H2,1-2H3,(H,29,30)(H,31,34). The largest absolute Gasteiger partial charge is 0.378 e. The number of nitrogens with zero attached hydrogens (tertiary/aromatic N) is 3. The molecular weight excluding hydrogens is 429 g/mol. The molecule has 1 aromatic heterocycles. The number of unbranched alkanes of at least 4 members (excludes halogenated alkanes) is 3. The van der Waals surface area contributed by atoms with Crippen molar-refractivity contribution in [3.63, 3.8) is 0 Å². The molecule has 0 aliphatic heterocycles. The third-order valence-electron chi connectivity index (χ3n) is 5.52. The number of urea groups is 1. The molecule has 34 heavy (non-hydrogen) atoms. The summed E-state index contributed by atoms with van der Waals surface area (Å²) in [5.41, 5.74) is 2.62. The zero-order valence-electron chi connectivity index (χ0n) is 20.0. The molecule has 6 nitrogen and oxygen atoms in total. The number of pyridine rings is 1. The van der Waals surface area contributed by atoms with Crippen LogP contribution in [0.2, 0.25) is 0 Å². The average molecular weight is 464 g/mol. The van der Waals surface area contributed by atoms with Crippen LogP contribution in [0.5, 0.6) is 0 Å². The van der Waals surface area contributed by atoms with E-state index in [9.17, 15) is 9.18 Å². The second-order valence-electron chi connectivity index (χ2n) is 8.48. The second kappa shape index (κ2) is 13.2. The van der Waals surface area contributed by atoms with E-state index in [1.54, 1.807) is 23.2 Å². The highest BCUT2D eigenvalue weighted by Gasteiger charge is 2.14. The smallest absolute Gasteiger partial charge is 0.322 e. The Bertz CT molecular complexity index is 1010. The van der Waals surface area contributed by atoms with Gasteiger partial charge in [0, 0.05) is 51.3 Å². The van der Waals surface area contributed by atoms with Gasteiger partial charge in [-0.1, -0.05) is 37.1 Å². The fourth-order valence-corrected chi connectivity index (χ4v) is 3.61. The lowest BCUT2D eigenvalue weighted by Crippen LogP contribution is -2.35. The van der Waals surface area contributed by atoms with E-state index in [1.165, 1.54) is 12.1 Å². The molecule has 2 aromatic carbocycles. The van der Waals surface area contributed by atoms with Gasteiger partial charge in [0.05, 0.1) is 0 Å². The van der Waals surface area contributed by atoms with E-state index in [-0.39, 0.29) is 11.8 Å². The lowest BCUT2D eigenvalue weighted by Gasteiger charge is -2.24. The minimum absolute atomic E-state index is 0.223. The van der Waals surface area contributed by atoms with Crippen LogP contribution in [-0.4, -0.2) is 43.1 Å². The Kier molecular flexibility index (Phi) is 9.70. The van der Waals surface area contributed by atoms with Gasteiger partial charge in [-0.2, -0.15) is 0 Å². The molecule has 0 aliphatic rings. The zero-order chi connectivity index (χ0) is 24.2. The van der Waals surface area contributed by atoms with Gasteiger partial charge in [0.2, 0.25) is 0 Å². The van der Waals surface area contributed by atoms with Crippen LogP contribution in [0.1, 0.15) is 31.2 Å². The molecule has 2 N–H and O–H groups in total. The number of anilines is 3. The molecule has 0 saturated carbocycles. The molecule has 0 unspecified atom stereocenters. The highest BCUT2D eigenvalue weighted by Crippen LogP contribution is 2.16. The molecule has 3 aromatic rings. The number of nitrogens with one attached hydrogen (secondary N) is 2. The number of benzene rings is 2. The van der Waals surface area contributed by atoms with Gasteiger partial charge in [-0.3, -0.25) is 0 Å². The Morgan fingerprint density at radius 1 is 0.941 bits per heavy atom. The van der Waals surface area contributed by atoms with Crippen LogP contribution in [0.4, 0.5) is 26.4 Å². The normalized spacial score (nSPS) is 10.6. The van der Waals surface area contributed by atoms with E-state index in [0.29, 0.717) is 18.8 Å². The minimum Gasteiger partial charge on any atom is -0.378 e. The molecule has 1 heterocycles. The first-order chi connectivity index (χ1) is 16.5.